The van der Waals surface area contributed by atoms with E-state index in [-0.39, 0.29) is 0 Å². The van der Waals surface area contributed by atoms with Crippen molar-refractivity contribution in [2.45, 2.75) is 63.6 Å². The van der Waals surface area contributed by atoms with Gasteiger partial charge in [0.1, 0.15) is 5.82 Å². The second kappa shape index (κ2) is 12.3. The summed E-state index contributed by atoms with van der Waals surface area (Å²) in [6.07, 6.45) is 7.61. The summed E-state index contributed by atoms with van der Waals surface area (Å²) in [7, 11) is 1.74. The van der Waals surface area contributed by atoms with E-state index in [1.807, 2.05) is 11.4 Å². The summed E-state index contributed by atoms with van der Waals surface area (Å²) in [4.78, 5) is 9.25. The topological polar surface area (TPSA) is 104 Å². The van der Waals surface area contributed by atoms with Crippen LogP contribution >= 0.6 is 22.9 Å². The standard InChI is InChI=1S/C25H35ClN6O2S/c1-17(13-33-2)30-18-3-5-19(6-4-18)31-23-11-20(21(26)12-28-23)22-14-35-24(32-22)29-16-25(15-27)7-9-34-10-8-25/h11-12,14,17-19,30H,3-10,13,16H2,1-2H3,(H,28,31)(H,29,32)/t17-,18?,19?/m0/s1. The first-order chi connectivity index (χ1) is 17.0. The molecule has 3 N–H and O–H groups in total. The predicted molar refractivity (Wildman–Crippen MR) is 141 cm³/mol. The lowest BCUT2D eigenvalue weighted by molar-refractivity contribution is 0.0456. The fourth-order valence-electron chi connectivity index (χ4n) is 4.84. The van der Waals surface area contributed by atoms with E-state index in [9.17, 15) is 5.26 Å². The van der Waals surface area contributed by atoms with Gasteiger partial charge in [-0.2, -0.15) is 5.26 Å². The van der Waals surface area contributed by atoms with Gasteiger partial charge >= 0.3 is 0 Å². The average molecular weight is 519 g/mol. The third-order valence-electron chi connectivity index (χ3n) is 6.92. The number of hydrogen-bond acceptors (Lipinski definition) is 9. The first-order valence-electron chi connectivity index (χ1n) is 12.4. The zero-order valence-electron chi connectivity index (χ0n) is 20.5. The van der Waals surface area contributed by atoms with Gasteiger partial charge in [0, 0.05) is 62.1 Å². The summed E-state index contributed by atoms with van der Waals surface area (Å²) in [5.41, 5.74) is 1.27. The van der Waals surface area contributed by atoms with Crippen LogP contribution in [0.1, 0.15) is 45.4 Å². The molecule has 1 saturated carbocycles. The SMILES string of the molecule is COC[C@H](C)NC1CCC(Nc2cc(-c3csc(NCC4(C#N)CCOCC4)n3)c(Cl)cn2)CC1. The molecule has 1 saturated heterocycles. The van der Waals surface area contributed by atoms with Crippen molar-refractivity contribution >= 4 is 33.9 Å². The Morgan fingerprint density at radius 3 is 2.74 bits per heavy atom. The molecule has 3 heterocycles. The molecule has 10 heteroatoms. The van der Waals surface area contributed by atoms with E-state index >= 15 is 0 Å². The van der Waals surface area contributed by atoms with Crippen LogP contribution in [-0.2, 0) is 9.47 Å². The van der Waals surface area contributed by atoms with E-state index < -0.39 is 5.41 Å². The molecule has 1 atom stereocenters. The summed E-state index contributed by atoms with van der Waals surface area (Å²) >= 11 is 8.02. The van der Waals surface area contributed by atoms with Gasteiger partial charge in [0.2, 0.25) is 0 Å². The van der Waals surface area contributed by atoms with E-state index in [4.69, 9.17) is 26.1 Å². The van der Waals surface area contributed by atoms with E-state index in [0.717, 1.165) is 67.3 Å². The van der Waals surface area contributed by atoms with Gasteiger partial charge in [-0.25, -0.2) is 9.97 Å². The molecule has 1 aliphatic carbocycles. The van der Waals surface area contributed by atoms with Gasteiger partial charge in [0.05, 0.1) is 28.8 Å². The van der Waals surface area contributed by atoms with Crippen LogP contribution in [0.25, 0.3) is 11.3 Å². The number of nitrogens with one attached hydrogen (secondary N) is 3. The number of halogens is 1. The summed E-state index contributed by atoms with van der Waals surface area (Å²) in [5, 5.41) is 23.7. The number of pyridine rings is 1. The van der Waals surface area contributed by atoms with E-state index in [2.05, 4.69) is 33.9 Å². The highest BCUT2D eigenvalue weighted by molar-refractivity contribution is 7.14. The van der Waals surface area contributed by atoms with E-state index in [1.54, 1.807) is 13.3 Å². The third kappa shape index (κ3) is 7.05. The number of methoxy groups -OCH3 is 1. The van der Waals surface area contributed by atoms with Crippen molar-refractivity contribution in [2.24, 2.45) is 5.41 Å². The minimum absolute atomic E-state index is 0.370. The van der Waals surface area contributed by atoms with Crippen LogP contribution in [0.5, 0.6) is 0 Å². The molecule has 0 unspecified atom stereocenters. The first kappa shape index (κ1) is 26.1. The Morgan fingerprint density at radius 2 is 2.03 bits per heavy atom. The van der Waals surface area contributed by atoms with Crippen molar-refractivity contribution in [1.29, 1.82) is 5.26 Å². The number of thiazole rings is 1. The fourth-order valence-corrected chi connectivity index (χ4v) is 5.75. The van der Waals surface area contributed by atoms with Gasteiger partial charge < -0.3 is 25.4 Å². The molecule has 2 fully saturated rings. The zero-order valence-corrected chi connectivity index (χ0v) is 22.1. The van der Waals surface area contributed by atoms with Crippen molar-refractivity contribution in [3.8, 4) is 17.3 Å². The largest absolute Gasteiger partial charge is 0.383 e. The summed E-state index contributed by atoms with van der Waals surface area (Å²) < 4.78 is 10.7. The zero-order chi connectivity index (χ0) is 24.7. The Labute approximate surface area is 216 Å². The van der Waals surface area contributed by atoms with Gasteiger partial charge in [-0.15, -0.1) is 11.3 Å². The Balaban J connectivity index is 1.33. The molecular weight excluding hydrogens is 484 g/mol. The Bertz CT molecular complexity index is 998. The van der Waals surface area contributed by atoms with Crippen LogP contribution < -0.4 is 16.0 Å². The molecule has 0 bridgehead atoms. The van der Waals surface area contributed by atoms with Crippen LogP contribution in [0.2, 0.25) is 5.02 Å². The van der Waals surface area contributed by atoms with Crippen molar-refractivity contribution < 1.29 is 9.47 Å². The Kier molecular flexibility index (Phi) is 9.20. The number of ether oxygens (including phenoxy) is 2. The van der Waals surface area contributed by atoms with Crippen LogP contribution in [0.3, 0.4) is 0 Å². The summed E-state index contributed by atoms with van der Waals surface area (Å²) in [6.45, 7) is 4.73. The Morgan fingerprint density at radius 1 is 1.29 bits per heavy atom. The second-order valence-corrected chi connectivity index (χ2v) is 10.9. The molecule has 0 radical (unpaired) electrons. The summed E-state index contributed by atoms with van der Waals surface area (Å²) in [6, 6.07) is 5.77. The van der Waals surface area contributed by atoms with Gasteiger partial charge in [0.25, 0.3) is 0 Å². The lowest BCUT2D eigenvalue weighted by Crippen LogP contribution is -2.42. The lowest BCUT2D eigenvalue weighted by Gasteiger charge is -2.31. The maximum atomic E-state index is 9.68. The second-order valence-electron chi connectivity index (χ2n) is 9.66. The quantitative estimate of drug-likeness (QED) is 0.406. The molecule has 35 heavy (non-hydrogen) atoms. The van der Waals surface area contributed by atoms with Crippen molar-refractivity contribution in [3.05, 3.63) is 22.7 Å². The normalized spacial score (nSPS) is 22.8. The minimum Gasteiger partial charge on any atom is -0.383 e. The summed E-state index contributed by atoms with van der Waals surface area (Å²) in [5.74, 6) is 0.821. The monoisotopic (exact) mass is 518 g/mol. The smallest absolute Gasteiger partial charge is 0.183 e. The molecule has 2 aromatic rings. The number of rotatable bonds is 10. The molecule has 2 aromatic heterocycles. The predicted octanol–water partition coefficient (Wildman–Crippen LogP) is 4.94. The van der Waals surface area contributed by atoms with Crippen LogP contribution in [-0.4, -0.2) is 61.6 Å². The molecule has 1 aliphatic heterocycles. The van der Waals surface area contributed by atoms with Gasteiger partial charge in [-0.3, -0.25) is 0 Å². The molecule has 4 rings (SSSR count). The lowest BCUT2D eigenvalue weighted by atomic mass is 9.82. The third-order valence-corrected chi connectivity index (χ3v) is 8.02. The molecule has 0 spiro atoms. The van der Waals surface area contributed by atoms with Gasteiger partial charge in [-0.05, 0) is 51.5 Å². The number of nitriles is 1. The van der Waals surface area contributed by atoms with Crippen molar-refractivity contribution in [1.82, 2.24) is 15.3 Å². The van der Waals surface area contributed by atoms with Gasteiger partial charge in [0.15, 0.2) is 5.13 Å². The number of anilines is 2. The highest BCUT2D eigenvalue weighted by Crippen LogP contribution is 2.34. The molecule has 8 nitrogen and oxygen atoms in total. The number of hydrogen-bond donors (Lipinski definition) is 3. The molecule has 190 valence electrons. The molecule has 0 amide bonds. The number of nitrogens with zero attached hydrogens (tertiary/aromatic N) is 3. The minimum atomic E-state index is -0.397. The van der Waals surface area contributed by atoms with Crippen molar-refractivity contribution in [3.63, 3.8) is 0 Å². The maximum Gasteiger partial charge on any atom is 0.183 e. The van der Waals surface area contributed by atoms with E-state index in [1.165, 1.54) is 11.3 Å². The Hall–Kier alpha value is -1.96. The van der Waals surface area contributed by atoms with Crippen LogP contribution in [0.15, 0.2) is 17.6 Å². The van der Waals surface area contributed by atoms with Crippen LogP contribution in [0, 0.1) is 16.7 Å². The maximum absolute atomic E-state index is 9.68. The van der Waals surface area contributed by atoms with Crippen molar-refractivity contribution in [2.75, 3.05) is 44.1 Å². The van der Waals surface area contributed by atoms with Gasteiger partial charge in [-0.1, -0.05) is 11.6 Å². The van der Waals surface area contributed by atoms with Crippen LogP contribution in [0.4, 0.5) is 10.9 Å². The molecule has 2 aliphatic rings. The molecule has 0 aromatic carbocycles. The first-order valence-corrected chi connectivity index (χ1v) is 13.6. The average Bonchev–Trinajstić information content (AvgIpc) is 3.35. The highest BCUT2D eigenvalue weighted by Gasteiger charge is 2.32. The fraction of sp³-hybridized carbons (Fsp3) is 0.640. The number of aromatic nitrogens is 2. The van der Waals surface area contributed by atoms with E-state index in [0.29, 0.717) is 42.9 Å². The highest BCUT2D eigenvalue weighted by atomic mass is 35.5. The molecular formula is C25H35ClN6O2S.